The van der Waals surface area contributed by atoms with Gasteiger partial charge in [0, 0.05) is 6.42 Å². The van der Waals surface area contributed by atoms with Crippen LogP contribution in [-0.4, -0.2) is 33.3 Å². The van der Waals surface area contributed by atoms with Crippen molar-refractivity contribution in [3.63, 3.8) is 0 Å². The second-order valence-electron chi connectivity index (χ2n) is 2.77. The summed E-state index contributed by atoms with van der Waals surface area (Å²) in [6.07, 6.45) is 4.81. The monoisotopic (exact) mass is 224 g/mol. The van der Waals surface area contributed by atoms with Crippen molar-refractivity contribution < 1.29 is 19.3 Å². The third-order valence-electron chi connectivity index (χ3n) is 1.65. The molecular weight excluding hydrogens is 216 g/mol. The molecule has 16 heavy (non-hydrogen) atoms. The largest absolute Gasteiger partial charge is 0.480 e. The third kappa shape index (κ3) is 2.48. The second-order valence-corrected chi connectivity index (χ2v) is 2.77. The highest BCUT2D eigenvalue weighted by atomic mass is 16.6. The number of aliphatic carboxylic acids is 1. The molecule has 1 amide bonds. The number of aromatic nitrogens is 2. The minimum Gasteiger partial charge on any atom is -0.480 e. The fourth-order valence-corrected chi connectivity index (χ4v) is 0.898. The lowest BCUT2D eigenvalue weighted by Crippen LogP contribution is -2.40. The summed E-state index contributed by atoms with van der Waals surface area (Å²) in [5, 5.41) is 17.3. The molecule has 4 N–H and O–H groups in total. The number of nitrogens with zero attached hydrogens (tertiary/aromatic N) is 2. The van der Waals surface area contributed by atoms with E-state index >= 15 is 0 Å². The number of hydrogen-bond acceptors (Lipinski definition) is 6. The maximum Gasteiger partial charge on any atom is 0.327 e. The highest BCUT2D eigenvalue weighted by Gasteiger charge is 2.23. The molecule has 0 aliphatic heterocycles. The fourth-order valence-electron chi connectivity index (χ4n) is 0.898. The number of anilines is 1. The van der Waals surface area contributed by atoms with Crippen molar-refractivity contribution in [2.45, 2.75) is 12.5 Å². The number of nitrogens with one attached hydrogen (secondary N) is 1. The maximum absolute atomic E-state index is 11.4. The van der Waals surface area contributed by atoms with Gasteiger partial charge in [-0.25, -0.2) is 9.42 Å². The van der Waals surface area contributed by atoms with Gasteiger partial charge >= 0.3 is 5.97 Å². The van der Waals surface area contributed by atoms with E-state index in [0.717, 1.165) is 0 Å². The van der Waals surface area contributed by atoms with Crippen molar-refractivity contribution in [2.75, 3.05) is 5.73 Å². The molecule has 0 saturated carbocycles. The average Bonchev–Trinajstić information content (AvgIpc) is 2.63. The molecule has 1 aromatic heterocycles. The SMILES string of the molecule is C#CCC(NC(=O)c1nonc1N)C(=O)O. The van der Waals surface area contributed by atoms with Crippen LogP contribution in [0.3, 0.4) is 0 Å². The second kappa shape index (κ2) is 4.79. The van der Waals surface area contributed by atoms with Gasteiger partial charge in [0.2, 0.25) is 11.5 Å². The highest BCUT2D eigenvalue weighted by Crippen LogP contribution is 2.04. The van der Waals surface area contributed by atoms with Crippen molar-refractivity contribution in [1.82, 2.24) is 15.6 Å². The molecule has 84 valence electrons. The Morgan fingerprint density at radius 3 is 2.75 bits per heavy atom. The molecule has 1 unspecified atom stereocenters. The van der Waals surface area contributed by atoms with E-state index in [2.05, 4.69) is 26.2 Å². The fraction of sp³-hybridized carbons (Fsp3) is 0.250. The number of carboxylic acid groups (broad SMARTS) is 1. The Hall–Kier alpha value is -2.56. The molecule has 0 saturated heterocycles. The van der Waals surface area contributed by atoms with Crippen LogP contribution >= 0.6 is 0 Å². The number of carbonyl (C=O) groups is 2. The number of terminal acetylenes is 1. The van der Waals surface area contributed by atoms with Crippen molar-refractivity contribution in [3.8, 4) is 12.3 Å². The molecule has 1 aromatic rings. The molecule has 0 aliphatic rings. The van der Waals surface area contributed by atoms with E-state index in [9.17, 15) is 9.59 Å². The average molecular weight is 224 g/mol. The molecule has 0 spiro atoms. The minimum absolute atomic E-state index is 0.147. The zero-order valence-corrected chi connectivity index (χ0v) is 8.01. The Morgan fingerprint density at radius 2 is 2.31 bits per heavy atom. The van der Waals surface area contributed by atoms with E-state index in [1.807, 2.05) is 0 Å². The van der Waals surface area contributed by atoms with Crippen LogP contribution in [0.2, 0.25) is 0 Å². The predicted molar refractivity (Wildman–Crippen MR) is 51.1 cm³/mol. The van der Waals surface area contributed by atoms with Crippen LogP contribution in [0.15, 0.2) is 4.63 Å². The van der Waals surface area contributed by atoms with Gasteiger partial charge in [-0.3, -0.25) is 4.79 Å². The number of nitrogen functional groups attached to an aromatic ring is 1. The molecular formula is C8H8N4O4. The van der Waals surface area contributed by atoms with Gasteiger partial charge in [0.15, 0.2) is 0 Å². The quantitative estimate of drug-likeness (QED) is 0.550. The Balaban J connectivity index is 2.74. The summed E-state index contributed by atoms with van der Waals surface area (Å²) in [6.45, 7) is 0. The van der Waals surface area contributed by atoms with Crippen LogP contribution in [0.5, 0.6) is 0 Å². The molecule has 8 nitrogen and oxygen atoms in total. The number of carboxylic acids is 1. The first kappa shape index (κ1) is 11.5. The van der Waals surface area contributed by atoms with Crippen LogP contribution in [0.4, 0.5) is 5.82 Å². The molecule has 0 aromatic carbocycles. The number of nitrogens with two attached hydrogens (primary N) is 1. The summed E-state index contributed by atoms with van der Waals surface area (Å²) in [6, 6.07) is -1.20. The van der Waals surface area contributed by atoms with Gasteiger partial charge in [-0.2, -0.15) is 0 Å². The summed E-state index contributed by atoms with van der Waals surface area (Å²) in [5.74, 6) is -0.145. The van der Waals surface area contributed by atoms with E-state index in [4.69, 9.17) is 17.3 Å². The van der Waals surface area contributed by atoms with E-state index in [-0.39, 0.29) is 17.9 Å². The smallest absolute Gasteiger partial charge is 0.327 e. The number of carbonyl (C=O) groups excluding carboxylic acids is 1. The van der Waals surface area contributed by atoms with Gasteiger partial charge in [-0.05, 0) is 10.3 Å². The first-order chi connectivity index (χ1) is 7.56. The third-order valence-corrected chi connectivity index (χ3v) is 1.65. The molecule has 0 fully saturated rings. The summed E-state index contributed by atoms with van der Waals surface area (Å²) in [7, 11) is 0. The molecule has 1 heterocycles. The number of amides is 1. The lowest BCUT2D eigenvalue weighted by molar-refractivity contribution is -0.139. The molecule has 0 aliphatic carbocycles. The summed E-state index contributed by atoms with van der Waals surface area (Å²) in [4.78, 5) is 22.1. The van der Waals surface area contributed by atoms with Crippen LogP contribution in [-0.2, 0) is 4.79 Å². The standard InChI is InChI=1S/C8H8N4O4/c1-2-3-4(8(14)15)10-7(13)5-6(9)12-16-11-5/h1,4H,3H2,(H2,9,12)(H,10,13)(H,14,15). The summed E-state index contributed by atoms with van der Waals surface area (Å²) in [5.41, 5.74) is 4.98. The Morgan fingerprint density at radius 1 is 1.62 bits per heavy atom. The molecule has 1 rings (SSSR count). The highest BCUT2D eigenvalue weighted by molar-refractivity contribution is 5.98. The van der Waals surface area contributed by atoms with Crippen LogP contribution < -0.4 is 11.1 Å². The zero-order chi connectivity index (χ0) is 12.1. The van der Waals surface area contributed by atoms with Gasteiger partial charge < -0.3 is 16.2 Å². The molecule has 8 heteroatoms. The van der Waals surface area contributed by atoms with Gasteiger partial charge in [0.05, 0.1) is 0 Å². The predicted octanol–water partition coefficient (Wildman–Crippen LogP) is -1.14. The van der Waals surface area contributed by atoms with Crippen LogP contribution in [0.25, 0.3) is 0 Å². The first-order valence-electron chi connectivity index (χ1n) is 4.11. The van der Waals surface area contributed by atoms with Crippen molar-refractivity contribution in [3.05, 3.63) is 5.69 Å². The number of rotatable bonds is 4. The first-order valence-corrected chi connectivity index (χ1v) is 4.11. The lowest BCUT2D eigenvalue weighted by atomic mass is 10.2. The van der Waals surface area contributed by atoms with E-state index in [0.29, 0.717) is 0 Å². The lowest BCUT2D eigenvalue weighted by Gasteiger charge is -2.09. The van der Waals surface area contributed by atoms with Gasteiger partial charge in [-0.15, -0.1) is 12.3 Å². The number of hydrogen-bond donors (Lipinski definition) is 3. The van der Waals surface area contributed by atoms with Crippen molar-refractivity contribution in [1.29, 1.82) is 0 Å². The Kier molecular flexibility index (Phi) is 3.45. The molecule has 0 bridgehead atoms. The minimum atomic E-state index is -1.25. The maximum atomic E-state index is 11.4. The van der Waals surface area contributed by atoms with Crippen LogP contribution in [0, 0.1) is 12.3 Å². The van der Waals surface area contributed by atoms with Crippen molar-refractivity contribution in [2.24, 2.45) is 0 Å². The van der Waals surface area contributed by atoms with Crippen LogP contribution in [0.1, 0.15) is 16.9 Å². The van der Waals surface area contributed by atoms with Crippen molar-refractivity contribution >= 4 is 17.7 Å². The Labute approximate surface area is 89.8 Å². The van der Waals surface area contributed by atoms with E-state index < -0.39 is 17.9 Å². The molecule has 0 radical (unpaired) electrons. The molecule has 1 atom stereocenters. The Bertz CT molecular complexity index is 447. The van der Waals surface area contributed by atoms with Gasteiger partial charge in [0.1, 0.15) is 6.04 Å². The topological polar surface area (TPSA) is 131 Å². The van der Waals surface area contributed by atoms with Gasteiger partial charge in [0.25, 0.3) is 5.91 Å². The van der Waals surface area contributed by atoms with E-state index in [1.165, 1.54) is 0 Å². The normalized spacial score (nSPS) is 11.4. The summed E-state index contributed by atoms with van der Waals surface area (Å²) >= 11 is 0. The summed E-state index contributed by atoms with van der Waals surface area (Å²) < 4.78 is 4.19. The zero-order valence-electron chi connectivity index (χ0n) is 8.01. The van der Waals surface area contributed by atoms with E-state index in [1.54, 1.807) is 0 Å². The van der Waals surface area contributed by atoms with Gasteiger partial charge in [-0.1, -0.05) is 0 Å².